The van der Waals surface area contributed by atoms with Crippen LogP contribution in [0.1, 0.15) is 28.8 Å². The average molecular weight is 277 g/mol. The molecule has 1 heterocycles. The van der Waals surface area contributed by atoms with Gasteiger partial charge in [-0.15, -0.1) is 0 Å². The Kier molecular flexibility index (Phi) is 4.34. The third-order valence-corrected chi connectivity index (χ3v) is 3.87. The van der Waals surface area contributed by atoms with Crippen LogP contribution in [0.2, 0.25) is 0 Å². The van der Waals surface area contributed by atoms with E-state index in [2.05, 4.69) is 0 Å². The van der Waals surface area contributed by atoms with Gasteiger partial charge in [0.2, 0.25) is 0 Å². The highest BCUT2D eigenvalue weighted by Gasteiger charge is 2.26. The number of hydrogen-bond acceptors (Lipinski definition) is 4. The quantitative estimate of drug-likeness (QED) is 0.672. The Morgan fingerprint density at radius 1 is 1.55 bits per heavy atom. The summed E-state index contributed by atoms with van der Waals surface area (Å²) in [5, 5.41) is 10.9. The molecule has 0 saturated carbocycles. The van der Waals surface area contributed by atoms with Crippen molar-refractivity contribution in [1.29, 1.82) is 0 Å². The molecule has 1 unspecified atom stereocenters. The van der Waals surface area contributed by atoms with Gasteiger partial charge in [-0.25, -0.2) is 0 Å². The van der Waals surface area contributed by atoms with Crippen molar-refractivity contribution in [3.8, 4) is 0 Å². The van der Waals surface area contributed by atoms with Crippen LogP contribution >= 0.6 is 0 Å². The van der Waals surface area contributed by atoms with E-state index in [-0.39, 0.29) is 11.6 Å². The molecule has 1 atom stereocenters. The Bertz CT molecular complexity index is 530. The fraction of sp³-hybridized carbons (Fsp3) is 0.500. The maximum atomic E-state index is 12.5. The van der Waals surface area contributed by atoms with Crippen molar-refractivity contribution >= 4 is 11.6 Å². The minimum absolute atomic E-state index is 0.0109. The second kappa shape index (κ2) is 6.00. The van der Waals surface area contributed by atoms with Gasteiger partial charge in [-0.05, 0) is 38.3 Å². The third-order valence-electron chi connectivity index (χ3n) is 3.87. The molecular weight excluding hydrogens is 258 g/mol. The van der Waals surface area contributed by atoms with Crippen molar-refractivity contribution in [2.75, 3.05) is 19.6 Å². The lowest BCUT2D eigenvalue weighted by Gasteiger charge is -2.32. The number of nitrogens with two attached hydrogens (primary N) is 1. The first-order valence-corrected chi connectivity index (χ1v) is 6.78. The molecule has 1 saturated heterocycles. The van der Waals surface area contributed by atoms with Gasteiger partial charge in [-0.1, -0.05) is 6.07 Å². The van der Waals surface area contributed by atoms with Gasteiger partial charge >= 0.3 is 0 Å². The largest absolute Gasteiger partial charge is 0.338 e. The van der Waals surface area contributed by atoms with E-state index in [9.17, 15) is 14.9 Å². The Balaban J connectivity index is 2.25. The van der Waals surface area contributed by atoms with Crippen molar-refractivity contribution in [3.63, 3.8) is 0 Å². The number of piperidine rings is 1. The molecule has 108 valence electrons. The maximum Gasteiger partial charge on any atom is 0.273 e. The summed E-state index contributed by atoms with van der Waals surface area (Å²) < 4.78 is 0. The van der Waals surface area contributed by atoms with Crippen LogP contribution in [0, 0.1) is 23.0 Å². The molecule has 0 bridgehead atoms. The van der Waals surface area contributed by atoms with Crippen molar-refractivity contribution in [1.82, 2.24) is 4.90 Å². The topological polar surface area (TPSA) is 89.5 Å². The first-order valence-electron chi connectivity index (χ1n) is 6.78. The van der Waals surface area contributed by atoms with Crippen LogP contribution in [0.15, 0.2) is 18.2 Å². The second-order valence-electron chi connectivity index (χ2n) is 5.20. The molecule has 1 amide bonds. The van der Waals surface area contributed by atoms with Gasteiger partial charge in [-0.3, -0.25) is 14.9 Å². The minimum atomic E-state index is -0.453. The number of carbonyl (C=O) groups excluding carboxylic acids is 1. The molecule has 1 aromatic rings. The second-order valence-corrected chi connectivity index (χ2v) is 5.20. The summed E-state index contributed by atoms with van der Waals surface area (Å²) in [6.45, 7) is 3.52. The number of amides is 1. The molecule has 6 nitrogen and oxygen atoms in total. The molecule has 6 heteroatoms. The van der Waals surface area contributed by atoms with Gasteiger partial charge in [0.25, 0.3) is 11.6 Å². The molecule has 0 spiro atoms. The van der Waals surface area contributed by atoms with Crippen molar-refractivity contribution in [3.05, 3.63) is 39.4 Å². The Labute approximate surface area is 117 Å². The van der Waals surface area contributed by atoms with E-state index in [1.807, 2.05) is 0 Å². The van der Waals surface area contributed by atoms with E-state index >= 15 is 0 Å². The Morgan fingerprint density at radius 2 is 2.30 bits per heavy atom. The number of carbonyl (C=O) groups is 1. The molecular formula is C14H19N3O3. The summed E-state index contributed by atoms with van der Waals surface area (Å²) in [7, 11) is 0. The molecule has 1 aliphatic heterocycles. The zero-order valence-electron chi connectivity index (χ0n) is 11.5. The molecule has 0 radical (unpaired) electrons. The van der Waals surface area contributed by atoms with Crippen LogP contribution in [0.25, 0.3) is 0 Å². The first-order chi connectivity index (χ1) is 9.54. The Hall–Kier alpha value is -1.95. The first kappa shape index (κ1) is 14.5. The normalized spacial score (nSPS) is 18.9. The fourth-order valence-electron chi connectivity index (χ4n) is 2.67. The summed E-state index contributed by atoms with van der Waals surface area (Å²) in [6.07, 6.45) is 1.97. The fourth-order valence-corrected chi connectivity index (χ4v) is 2.67. The van der Waals surface area contributed by atoms with Crippen LogP contribution in [0.5, 0.6) is 0 Å². The maximum absolute atomic E-state index is 12.5. The standard InChI is InChI=1S/C14H19N3O3/c1-10-12(5-2-6-13(10)17(19)20)14(18)16-7-3-4-11(8-15)9-16/h2,5-6,11H,3-4,7-9,15H2,1H3. The number of likely N-dealkylation sites (tertiary alicyclic amines) is 1. The molecule has 1 aromatic carbocycles. The van der Waals surface area contributed by atoms with E-state index in [4.69, 9.17) is 5.73 Å². The predicted octanol–water partition coefficient (Wildman–Crippen LogP) is 1.71. The van der Waals surface area contributed by atoms with Crippen LogP contribution in [0.3, 0.4) is 0 Å². The van der Waals surface area contributed by atoms with Crippen molar-refractivity contribution in [2.24, 2.45) is 11.7 Å². The van der Waals surface area contributed by atoms with E-state index < -0.39 is 4.92 Å². The number of nitro benzene ring substituents is 1. The number of rotatable bonds is 3. The molecule has 2 N–H and O–H groups in total. The van der Waals surface area contributed by atoms with E-state index in [0.717, 1.165) is 12.8 Å². The third kappa shape index (κ3) is 2.80. The lowest BCUT2D eigenvalue weighted by atomic mass is 9.97. The molecule has 0 aliphatic carbocycles. The number of nitrogens with zero attached hydrogens (tertiary/aromatic N) is 2. The van der Waals surface area contributed by atoms with Gasteiger partial charge in [-0.2, -0.15) is 0 Å². The van der Waals surface area contributed by atoms with Crippen LogP contribution in [-0.2, 0) is 0 Å². The lowest BCUT2D eigenvalue weighted by Crippen LogP contribution is -2.42. The minimum Gasteiger partial charge on any atom is -0.338 e. The van der Waals surface area contributed by atoms with E-state index in [1.165, 1.54) is 6.07 Å². The zero-order valence-corrected chi connectivity index (χ0v) is 11.5. The highest BCUT2D eigenvalue weighted by molar-refractivity contribution is 5.96. The van der Waals surface area contributed by atoms with Gasteiger partial charge in [0.05, 0.1) is 4.92 Å². The van der Waals surface area contributed by atoms with Gasteiger partial charge in [0, 0.05) is 30.3 Å². The highest BCUT2D eigenvalue weighted by atomic mass is 16.6. The van der Waals surface area contributed by atoms with Gasteiger partial charge in [0.15, 0.2) is 0 Å². The molecule has 0 aromatic heterocycles. The van der Waals surface area contributed by atoms with Crippen LogP contribution in [0.4, 0.5) is 5.69 Å². The van der Waals surface area contributed by atoms with Crippen LogP contribution in [-0.4, -0.2) is 35.4 Å². The highest BCUT2D eigenvalue weighted by Crippen LogP contribution is 2.24. The summed E-state index contributed by atoms with van der Waals surface area (Å²) >= 11 is 0. The predicted molar refractivity (Wildman–Crippen MR) is 75.5 cm³/mol. The summed E-state index contributed by atoms with van der Waals surface area (Å²) in [6, 6.07) is 4.63. The van der Waals surface area contributed by atoms with E-state index in [0.29, 0.717) is 36.7 Å². The summed E-state index contributed by atoms with van der Waals surface area (Å²) in [5.74, 6) is 0.191. The number of hydrogen-bond donors (Lipinski definition) is 1. The van der Waals surface area contributed by atoms with Gasteiger partial charge in [0.1, 0.15) is 0 Å². The summed E-state index contributed by atoms with van der Waals surface area (Å²) in [5.41, 5.74) is 6.50. The monoisotopic (exact) mass is 277 g/mol. The Morgan fingerprint density at radius 3 is 2.95 bits per heavy atom. The number of nitro groups is 1. The average Bonchev–Trinajstić information content (AvgIpc) is 2.46. The zero-order chi connectivity index (χ0) is 14.7. The lowest BCUT2D eigenvalue weighted by molar-refractivity contribution is -0.385. The smallest absolute Gasteiger partial charge is 0.273 e. The molecule has 1 fully saturated rings. The summed E-state index contributed by atoms with van der Waals surface area (Å²) in [4.78, 5) is 24.8. The van der Waals surface area contributed by atoms with Crippen LogP contribution < -0.4 is 5.73 Å². The van der Waals surface area contributed by atoms with Gasteiger partial charge < -0.3 is 10.6 Å². The van der Waals surface area contributed by atoms with Crippen molar-refractivity contribution in [2.45, 2.75) is 19.8 Å². The SMILES string of the molecule is Cc1c(C(=O)N2CCCC(CN)C2)cccc1[N+](=O)[O-]. The molecule has 20 heavy (non-hydrogen) atoms. The molecule has 1 aliphatic rings. The molecule has 2 rings (SSSR count). The number of benzene rings is 1. The van der Waals surface area contributed by atoms with E-state index in [1.54, 1.807) is 24.0 Å². The van der Waals surface area contributed by atoms with Crippen molar-refractivity contribution < 1.29 is 9.72 Å².